The maximum absolute atomic E-state index is 13.5. The number of hydrogen-bond acceptors (Lipinski definition) is 8. The zero-order chi connectivity index (χ0) is 27.8. The SMILES string of the molecule is CCOc1cc(C(=O)Nc2c3c(nn2CC(=O)NCc2ccc(OC)cc2)CSC3)cc(OCC)c1OCC. The first-order valence-corrected chi connectivity index (χ1v) is 14.1. The smallest absolute Gasteiger partial charge is 0.257 e. The molecule has 1 aromatic heterocycles. The van der Waals surface area contributed by atoms with E-state index in [9.17, 15) is 9.59 Å². The number of ether oxygens (including phenoxy) is 4. The molecule has 39 heavy (non-hydrogen) atoms. The van der Waals surface area contributed by atoms with Crippen molar-refractivity contribution in [2.45, 2.75) is 45.4 Å². The van der Waals surface area contributed by atoms with Crippen LogP contribution in [0.5, 0.6) is 23.0 Å². The van der Waals surface area contributed by atoms with Crippen LogP contribution < -0.4 is 29.6 Å². The van der Waals surface area contributed by atoms with Crippen molar-refractivity contribution in [3.63, 3.8) is 0 Å². The van der Waals surface area contributed by atoms with Crippen LogP contribution in [-0.2, 0) is 29.4 Å². The molecule has 2 aromatic carbocycles. The summed E-state index contributed by atoms with van der Waals surface area (Å²) in [7, 11) is 1.61. The topological polar surface area (TPSA) is 113 Å². The number of anilines is 1. The largest absolute Gasteiger partial charge is 0.497 e. The molecule has 0 spiro atoms. The van der Waals surface area contributed by atoms with Gasteiger partial charge in [0.1, 0.15) is 18.1 Å². The standard InChI is InChI=1S/C28H34N4O6S/c1-5-36-23-12-19(13-24(37-6-2)26(23)38-7-3)28(34)30-27-21-16-39-17-22(21)31-32(27)15-25(33)29-14-18-8-10-20(35-4)11-9-18/h8-13H,5-7,14-17H2,1-4H3,(H,29,33)(H,30,34). The second-order valence-corrected chi connectivity index (χ2v) is 9.59. The highest BCUT2D eigenvalue weighted by molar-refractivity contribution is 7.98. The first kappa shape index (κ1) is 28.2. The Bertz CT molecular complexity index is 1280. The van der Waals surface area contributed by atoms with E-state index in [2.05, 4.69) is 15.7 Å². The number of methoxy groups -OCH3 is 1. The molecule has 0 fully saturated rings. The minimum absolute atomic E-state index is 0.0267. The van der Waals surface area contributed by atoms with Crippen molar-refractivity contribution in [3.8, 4) is 23.0 Å². The van der Waals surface area contributed by atoms with Crippen LogP contribution >= 0.6 is 11.8 Å². The van der Waals surface area contributed by atoms with Gasteiger partial charge in [0.25, 0.3) is 5.91 Å². The Morgan fingerprint density at radius 3 is 2.26 bits per heavy atom. The molecular weight excluding hydrogens is 520 g/mol. The molecule has 0 saturated heterocycles. The van der Waals surface area contributed by atoms with Gasteiger partial charge in [-0.1, -0.05) is 12.1 Å². The molecular formula is C28H34N4O6S. The van der Waals surface area contributed by atoms with Gasteiger partial charge in [0, 0.05) is 29.2 Å². The zero-order valence-corrected chi connectivity index (χ0v) is 23.5. The summed E-state index contributed by atoms with van der Waals surface area (Å²) in [5.74, 6) is 3.46. The van der Waals surface area contributed by atoms with Crippen molar-refractivity contribution >= 4 is 29.4 Å². The molecule has 208 valence electrons. The number of nitrogens with one attached hydrogen (secondary N) is 2. The minimum atomic E-state index is -0.362. The van der Waals surface area contributed by atoms with Crippen molar-refractivity contribution in [2.75, 3.05) is 32.2 Å². The summed E-state index contributed by atoms with van der Waals surface area (Å²) in [6, 6.07) is 10.8. The van der Waals surface area contributed by atoms with Crippen LogP contribution in [0, 0.1) is 0 Å². The molecule has 2 amide bonds. The third-order valence-corrected chi connectivity index (χ3v) is 6.93. The quantitative estimate of drug-likeness (QED) is 0.320. The van der Waals surface area contributed by atoms with Crippen LogP contribution in [0.25, 0.3) is 0 Å². The Morgan fingerprint density at radius 1 is 0.974 bits per heavy atom. The predicted octanol–water partition coefficient (Wildman–Crippen LogP) is 4.40. The number of thioether (sulfide) groups is 1. The van der Waals surface area contributed by atoms with Gasteiger partial charge in [-0.15, -0.1) is 0 Å². The van der Waals surface area contributed by atoms with Gasteiger partial charge in [0.15, 0.2) is 11.5 Å². The molecule has 2 heterocycles. The molecule has 11 heteroatoms. The van der Waals surface area contributed by atoms with Crippen LogP contribution in [0.1, 0.15) is 48.0 Å². The van der Waals surface area contributed by atoms with E-state index in [0.717, 1.165) is 28.3 Å². The van der Waals surface area contributed by atoms with Crippen LogP contribution in [-0.4, -0.2) is 48.5 Å². The third-order valence-electron chi connectivity index (χ3n) is 5.96. The van der Waals surface area contributed by atoms with Gasteiger partial charge < -0.3 is 29.6 Å². The summed E-state index contributed by atoms with van der Waals surface area (Å²) in [6.07, 6.45) is 0. The molecule has 0 aliphatic carbocycles. The number of rotatable bonds is 13. The molecule has 3 aromatic rings. The number of hydrogen-bond donors (Lipinski definition) is 2. The molecule has 1 aliphatic rings. The Hall–Kier alpha value is -3.86. The lowest BCUT2D eigenvalue weighted by Gasteiger charge is -2.17. The van der Waals surface area contributed by atoms with E-state index < -0.39 is 0 Å². The fraction of sp³-hybridized carbons (Fsp3) is 0.393. The highest BCUT2D eigenvalue weighted by atomic mass is 32.2. The summed E-state index contributed by atoms with van der Waals surface area (Å²) >= 11 is 1.72. The number of carbonyl (C=O) groups is 2. The van der Waals surface area contributed by atoms with E-state index in [-0.39, 0.29) is 18.4 Å². The van der Waals surface area contributed by atoms with Gasteiger partial charge in [0.2, 0.25) is 11.7 Å². The Balaban J connectivity index is 1.53. The molecule has 0 radical (unpaired) electrons. The number of nitrogens with zero attached hydrogens (tertiary/aromatic N) is 2. The van der Waals surface area contributed by atoms with Gasteiger partial charge in [0.05, 0.1) is 32.6 Å². The molecule has 0 unspecified atom stereocenters. The van der Waals surface area contributed by atoms with Crippen LogP contribution in [0.15, 0.2) is 36.4 Å². The monoisotopic (exact) mass is 554 g/mol. The normalized spacial score (nSPS) is 12.0. The van der Waals surface area contributed by atoms with Gasteiger partial charge in [-0.05, 0) is 50.6 Å². The predicted molar refractivity (Wildman–Crippen MR) is 150 cm³/mol. The van der Waals surface area contributed by atoms with Gasteiger partial charge in [-0.2, -0.15) is 16.9 Å². The molecule has 1 aliphatic heterocycles. The van der Waals surface area contributed by atoms with E-state index in [1.807, 2.05) is 45.0 Å². The van der Waals surface area contributed by atoms with E-state index in [4.69, 9.17) is 18.9 Å². The van der Waals surface area contributed by atoms with Crippen molar-refractivity contribution in [2.24, 2.45) is 0 Å². The van der Waals surface area contributed by atoms with E-state index in [1.54, 1.807) is 35.7 Å². The van der Waals surface area contributed by atoms with Crippen molar-refractivity contribution in [1.82, 2.24) is 15.1 Å². The average molecular weight is 555 g/mol. The molecule has 4 rings (SSSR count). The summed E-state index contributed by atoms with van der Waals surface area (Å²) in [6.45, 7) is 7.17. The van der Waals surface area contributed by atoms with Gasteiger partial charge >= 0.3 is 0 Å². The van der Waals surface area contributed by atoms with E-state index >= 15 is 0 Å². The molecule has 0 atom stereocenters. The van der Waals surface area contributed by atoms with E-state index in [0.29, 0.717) is 60.7 Å². The number of amides is 2. The number of carbonyl (C=O) groups excluding carboxylic acids is 2. The summed E-state index contributed by atoms with van der Waals surface area (Å²) in [5.41, 5.74) is 3.09. The lowest BCUT2D eigenvalue weighted by molar-refractivity contribution is -0.122. The van der Waals surface area contributed by atoms with Crippen molar-refractivity contribution in [1.29, 1.82) is 0 Å². The van der Waals surface area contributed by atoms with Crippen LogP contribution in [0.3, 0.4) is 0 Å². The lowest BCUT2D eigenvalue weighted by atomic mass is 10.1. The highest BCUT2D eigenvalue weighted by Gasteiger charge is 2.26. The zero-order valence-electron chi connectivity index (χ0n) is 22.7. The van der Waals surface area contributed by atoms with Crippen LogP contribution in [0.4, 0.5) is 5.82 Å². The average Bonchev–Trinajstić information content (AvgIpc) is 3.52. The summed E-state index contributed by atoms with van der Waals surface area (Å²) < 4.78 is 24.0. The Labute approximate surface area is 232 Å². The number of benzene rings is 2. The number of aromatic nitrogens is 2. The van der Waals surface area contributed by atoms with Crippen molar-refractivity contribution < 1.29 is 28.5 Å². The fourth-order valence-electron chi connectivity index (χ4n) is 4.16. The fourth-order valence-corrected chi connectivity index (χ4v) is 5.19. The third kappa shape index (κ3) is 6.78. The Morgan fingerprint density at radius 2 is 1.64 bits per heavy atom. The maximum atomic E-state index is 13.5. The second kappa shape index (κ2) is 13.3. The van der Waals surface area contributed by atoms with Gasteiger partial charge in [-0.25, -0.2) is 4.68 Å². The minimum Gasteiger partial charge on any atom is -0.497 e. The van der Waals surface area contributed by atoms with Crippen molar-refractivity contribution in [3.05, 3.63) is 58.8 Å². The molecule has 10 nitrogen and oxygen atoms in total. The van der Waals surface area contributed by atoms with Crippen LogP contribution in [0.2, 0.25) is 0 Å². The highest BCUT2D eigenvalue weighted by Crippen LogP contribution is 2.40. The number of fused-ring (bicyclic) bond motifs is 1. The molecule has 0 bridgehead atoms. The summed E-state index contributed by atoms with van der Waals surface area (Å²) in [5, 5.41) is 10.5. The Kier molecular flexibility index (Phi) is 9.59. The van der Waals surface area contributed by atoms with E-state index in [1.165, 1.54) is 0 Å². The second-order valence-electron chi connectivity index (χ2n) is 8.60. The molecule has 0 saturated carbocycles. The maximum Gasteiger partial charge on any atom is 0.257 e. The van der Waals surface area contributed by atoms with Gasteiger partial charge in [-0.3, -0.25) is 9.59 Å². The summed E-state index contributed by atoms with van der Waals surface area (Å²) in [4.78, 5) is 26.3. The molecule has 2 N–H and O–H groups in total. The lowest BCUT2D eigenvalue weighted by Crippen LogP contribution is -2.28. The first-order valence-electron chi connectivity index (χ1n) is 12.9. The first-order chi connectivity index (χ1) is 19.0.